The first-order valence-corrected chi connectivity index (χ1v) is 7.82. The van der Waals surface area contributed by atoms with Gasteiger partial charge in [0.15, 0.2) is 0 Å². The van der Waals surface area contributed by atoms with Crippen molar-refractivity contribution in [1.29, 1.82) is 0 Å². The number of rotatable bonds is 7. The molecule has 0 bridgehead atoms. The maximum atomic E-state index is 5.99. The van der Waals surface area contributed by atoms with E-state index in [1.165, 1.54) is 5.56 Å². The molecule has 1 saturated heterocycles. The molecule has 1 aliphatic rings. The summed E-state index contributed by atoms with van der Waals surface area (Å²) in [6, 6.07) is 8.89. The van der Waals surface area contributed by atoms with Gasteiger partial charge in [0, 0.05) is 25.2 Å². The number of para-hydroxylation sites is 1. The number of hydrogen-bond donors (Lipinski definition) is 1. The maximum absolute atomic E-state index is 5.99. The molecule has 1 aromatic rings. The second-order valence-corrected chi connectivity index (χ2v) is 5.88. The molecule has 4 heteroatoms. The van der Waals surface area contributed by atoms with Crippen molar-refractivity contribution in [2.75, 3.05) is 27.3 Å². The second-order valence-electron chi connectivity index (χ2n) is 5.88. The zero-order chi connectivity index (χ0) is 15.2. The lowest BCUT2D eigenvalue weighted by atomic mass is 10.0. The van der Waals surface area contributed by atoms with Gasteiger partial charge in [0.05, 0.1) is 13.2 Å². The third-order valence-corrected chi connectivity index (χ3v) is 4.56. The van der Waals surface area contributed by atoms with Gasteiger partial charge in [-0.2, -0.15) is 0 Å². The molecule has 0 aromatic heterocycles. The average Bonchev–Trinajstić information content (AvgIpc) is 3.02. The molecule has 118 valence electrons. The highest BCUT2D eigenvalue weighted by molar-refractivity contribution is 5.33. The molecule has 2 rings (SSSR count). The van der Waals surface area contributed by atoms with E-state index >= 15 is 0 Å². The summed E-state index contributed by atoms with van der Waals surface area (Å²) in [6.07, 6.45) is 3.49. The van der Waals surface area contributed by atoms with Crippen LogP contribution in [0.4, 0.5) is 0 Å². The van der Waals surface area contributed by atoms with Crippen molar-refractivity contribution in [3.63, 3.8) is 0 Å². The first kappa shape index (κ1) is 16.3. The first-order chi connectivity index (χ1) is 10.2. The third kappa shape index (κ3) is 3.96. The van der Waals surface area contributed by atoms with Gasteiger partial charge >= 0.3 is 0 Å². The van der Waals surface area contributed by atoms with Gasteiger partial charge in [-0.1, -0.05) is 18.2 Å². The highest BCUT2D eigenvalue weighted by Crippen LogP contribution is 2.23. The lowest BCUT2D eigenvalue weighted by molar-refractivity contribution is 0.0238. The summed E-state index contributed by atoms with van der Waals surface area (Å²) in [5, 5.41) is 0. The highest BCUT2D eigenvalue weighted by Gasteiger charge is 2.30. The van der Waals surface area contributed by atoms with E-state index in [9.17, 15) is 0 Å². The second kappa shape index (κ2) is 7.78. The van der Waals surface area contributed by atoms with E-state index in [0.29, 0.717) is 12.6 Å². The Bertz CT molecular complexity index is 433. The van der Waals surface area contributed by atoms with Crippen molar-refractivity contribution >= 4 is 0 Å². The largest absolute Gasteiger partial charge is 0.496 e. The Labute approximate surface area is 128 Å². The summed E-state index contributed by atoms with van der Waals surface area (Å²) in [5.41, 5.74) is 7.23. The number of hydrogen-bond acceptors (Lipinski definition) is 4. The molecular formula is C17H28N2O2. The predicted octanol–water partition coefficient (Wildman–Crippen LogP) is 2.06. The molecule has 3 atom stereocenters. The normalized spacial score (nSPS) is 21.5. The van der Waals surface area contributed by atoms with Crippen molar-refractivity contribution in [2.45, 2.75) is 44.4 Å². The molecule has 2 N–H and O–H groups in total. The molecular weight excluding hydrogens is 264 g/mol. The van der Waals surface area contributed by atoms with Crippen LogP contribution in [0.25, 0.3) is 0 Å². The third-order valence-electron chi connectivity index (χ3n) is 4.56. The van der Waals surface area contributed by atoms with E-state index in [0.717, 1.165) is 31.6 Å². The lowest BCUT2D eigenvalue weighted by Gasteiger charge is -2.35. The van der Waals surface area contributed by atoms with Gasteiger partial charge in [0.2, 0.25) is 0 Å². The fourth-order valence-electron chi connectivity index (χ4n) is 3.15. The minimum Gasteiger partial charge on any atom is -0.496 e. The Morgan fingerprint density at radius 1 is 1.43 bits per heavy atom. The van der Waals surface area contributed by atoms with Gasteiger partial charge in [-0.25, -0.2) is 0 Å². The molecule has 1 heterocycles. The van der Waals surface area contributed by atoms with Crippen molar-refractivity contribution in [2.24, 2.45) is 5.73 Å². The van der Waals surface area contributed by atoms with Gasteiger partial charge in [0.1, 0.15) is 5.75 Å². The summed E-state index contributed by atoms with van der Waals surface area (Å²) in [4.78, 5) is 2.36. The van der Waals surface area contributed by atoms with Crippen molar-refractivity contribution in [1.82, 2.24) is 4.90 Å². The Morgan fingerprint density at radius 3 is 2.81 bits per heavy atom. The monoisotopic (exact) mass is 292 g/mol. The molecule has 0 aliphatic carbocycles. The van der Waals surface area contributed by atoms with Gasteiger partial charge in [-0.05, 0) is 44.9 Å². The van der Waals surface area contributed by atoms with E-state index in [1.807, 2.05) is 12.1 Å². The maximum Gasteiger partial charge on any atom is 0.122 e. The van der Waals surface area contributed by atoms with Crippen LogP contribution in [0.1, 0.15) is 25.3 Å². The van der Waals surface area contributed by atoms with Crippen LogP contribution in [-0.4, -0.2) is 50.4 Å². The van der Waals surface area contributed by atoms with Crippen molar-refractivity contribution in [3.8, 4) is 5.75 Å². The molecule has 1 aliphatic heterocycles. The van der Waals surface area contributed by atoms with E-state index in [4.69, 9.17) is 15.2 Å². The summed E-state index contributed by atoms with van der Waals surface area (Å²) >= 11 is 0. The molecule has 0 amide bonds. The summed E-state index contributed by atoms with van der Waals surface area (Å²) in [5.74, 6) is 0.958. The van der Waals surface area contributed by atoms with Crippen molar-refractivity contribution < 1.29 is 9.47 Å². The van der Waals surface area contributed by atoms with Crippen LogP contribution in [0.15, 0.2) is 24.3 Å². The molecule has 3 unspecified atom stereocenters. The van der Waals surface area contributed by atoms with Crippen LogP contribution in [-0.2, 0) is 11.2 Å². The Kier molecular flexibility index (Phi) is 6.03. The highest BCUT2D eigenvalue weighted by atomic mass is 16.5. The Hall–Kier alpha value is -1.10. The molecule has 1 fully saturated rings. The minimum atomic E-state index is 0.278. The fourth-order valence-corrected chi connectivity index (χ4v) is 3.15. The molecule has 0 saturated carbocycles. The molecule has 1 aromatic carbocycles. The first-order valence-electron chi connectivity index (χ1n) is 7.82. The van der Waals surface area contributed by atoms with E-state index in [1.54, 1.807) is 7.11 Å². The number of likely N-dealkylation sites (N-methyl/N-ethyl adjacent to an activating group) is 1. The van der Waals surface area contributed by atoms with Crippen LogP contribution in [0.2, 0.25) is 0 Å². The predicted molar refractivity (Wildman–Crippen MR) is 85.7 cm³/mol. The molecule has 21 heavy (non-hydrogen) atoms. The van der Waals surface area contributed by atoms with Crippen LogP contribution in [0.5, 0.6) is 5.75 Å². The fraction of sp³-hybridized carbons (Fsp3) is 0.647. The zero-order valence-electron chi connectivity index (χ0n) is 13.4. The SMILES string of the molecule is COc1ccccc1CC(C)N(C)C(CN)C1CCCO1. The van der Waals surface area contributed by atoms with Crippen LogP contribution < -0.4 is 10.5 Å². The van der Waals surface area contributed by atoms with E-state index in [2.05, 4.69) is 31.0 Å². The van der Waals surface area contributed by atoms with Crippen LogP contribution in [0.3, 0.4) is 0 Å². The molecule has 0 spiro atoms. The smallest absolute Gasteiger partial charge is 0.122 e. The Morgan fingerprint density at radius 2 is 2.19 bits per heavy atom. The number of nitrogens with zero attached hydrogens (tertiary/aromatic N) is 1. The van der Waals surface area contributed by atoms with Gasteiger partial charge < -0.3 is 15.2 Å². The topological polar surface area (TPSA) is 47.7 Å². The van der Waals surface area contributed by atoms with E-state index < -0.39 is 0 Å². The number of methoxy groups -OCH3 is 1. The van der Waals surface area contributed by atoms with Crippen LogP contribution in [0, 0.1) is 0 Å². The quantitative estimate of drug-likeness (QED) is 0.836. The van der Waals surface area contributed by atoms with Gasteiger partial charge in [-0.3, -0.25) is 4.90 Å². The van der Waals surface area contributed by atoms with E-state index in [-0.39, 0.29) is 12.1 Å². The van der Waals surface area contributed by atoms with Crippen LogP contribution >= 0.6 is 0 Å². The van der Waals surface area contributed by atoms with Crippen molar-refractivity contribution in [3.05, 3.63) is 29.8 Å². The summed E-state index contributed by atoms with van der Waals surface area (Å²) in [6.45, 7) is 3.75. The average molecular weight is 292 g/mol. The number of benzene rings is 1. The standard InChI is InChI=1S/C17H28N2O2/c1-13(11-14-7-4-5-8-16(14)20-3)19(2)15(12-18)17-9-6-10-21-17/h4-5,7-8,13,15,17H,6,9-12,18H2,1-3H3. The minimum absolute atomic E-state index is 0.278. The zero-order valence-corrected chi connectivity index (χ0v) is 13.4. The van der Waals surface area contributed by atoms with Gasteiger partial charge in [-0.15, -0.1) is 0 Å². The number of ether oxygens (including phenoxy) is 2. The Balaban J connectivity index is 2.02. The lowest BCUT2D eigenvalue weighted by Crippen LogP contribution is -2.50. The summed E-state index contributed by atoms with van der Waals surface area (Å²) < 4.78 is 11.3. The molecule has 4 nitrogen and oxygen atoms in total. The number of nitrogens with two attached hydrogens (primary N) is 1. The summed E-state index contributed by atoms with van der Waals surface area (Å²) in [7, 11) is 3.88. The van der Waals surface area contributed by atoms with Gasteiger partial charge in [0.25, 0.3) is 0 Å². The molecule has 0 radical (unpaired) electrons.